The van der Waals surface area contributed by atoms with Crippen molar-refractivity contribution in [3.05, 3.63) is 28.2 Å². The maximum Gasteiger partial charge on any atom is 0.243 e. The summed E-state index contributed by atoms with van der Waals surface area (Å²) in [5.74, 6) is -0.297. The Bertz CT molecular complexity index is 555. The summed E-state index contributed by atoms with van der Waals surface area (Å²) < 4.78 is 0.971. The van der Waals surface area contributed by atoms with Crippen LogP contribution in [0, 0.1) is 6.92 Å². The van der Waals surface area contributed by atoms with E-state index in [4.69, 9.17) is 0 Å². The molecule has 1 aliphatic rings. The van der Waals surface area contributed by atoms with Crippen molar-refractivity contribution in [3.63, 3.8) is 0 Å². The van der Waals surface area contributed by atoms with Gasteiger partial charge >= 0.3 is 0 Å². The molecule has 1 saturated heterocycles. The van der Waals surface area contributed by atoms with E-state index in [9.17, 15) is 9.59 Å². The van der Waals surface area contributed by atoms with Gasteiger partial charge in [-0.25, -0.2) is 0 Å². The third-order valence-corrected chi connectivity index (χ3v) is 4.47. The summed E-state index contributed by atoms with van der Waals surface area (Å²) in [5.41, 5.74) is 1.74. The van der Waals surface area contributed by atoms with Gasteiger partial charge in [-0.1, -0.05) is 28.8 Å². The fourth-order valence-electron chi connectivity index (χ4n) is 2.69. The monoisotopic (exact) mass is 381 g/mol. The minimum Gasteiger partial charge on any atom is -0.346 e. The van der Waals surface area contributed by atoms with E-state index < -0.39 is 0 Å². The molecule has 2 rings (SSSR count). The molecule has 2 N–H and O–H groups in total. The minimum atomic E-state index is -0.209. The van der Waals surface area contributed by atoms with E-state index in [1.807, 2.05) is 25.1 Å². The molecule has 0 spiro atoms. The van der Waals surface area contributed by atoms with E-state index in [2.05, 4.69) is 31.5 Å². The number of hydrogen-bond donors (Lipinski definition) is 2. The number of aryl methyl sites for hydroxylation is 1. The number of nitrogens with one attached hydrogen (secondary N) is 2. The van der Waals surface area contributed by atoms with E-state index >= 15 is 0 Å². The molecule has 0 aliphatic carbocycles. The quantitative estimate of drug-likeness (QED) is 0.823. The molecule has 1 heterocycles. The second kappa shape index (κ2) is 9.03. The molecule has 23 heavy (non-hydrogen) atoms. The first kappa shape index (κ1) is 17.9. The zero-order valence-electron chi connectivity index (χ0n) is 13.5. The lowest BCUT2D eigenvalue weighted by Gasteiger charge is -2.18. The number of anilines is 1. The van der Waals surface area contributed by atoms with E-state index in [0.29, 0.717) is 6.54 Å². The number of halogens is 1. The van der Waals surface area contributed by atoms with Crippen LogP contribution in [0.25, 0.3) is 0 Å². The van der Waals surface area contributed by atoms with Crippen molar-refractivity contribution in [2.24, 2.45) is 0 Å². The third kappa shape index (κ3) is 6.31. The summed E-state index contributed by atoms with van der Waals surface area (Å²) in [4.78, 5) is 26.1. The molecule has 126 valence electrons. The number of likely N-dealkylation sites (tertiary alicyclic amines) is 1. The lowest BCUT2D eigenvalue weighted by Crippen LogP contribution is -2.40. The van der Waals surface area contributed by atoms with Crippen molar-refractivity contribution in [3.8, 4) is 0 Å². The Balaban J connectivity index is 1.73. The number of amides is 2. The SMILES string of the molecule is Cc1cc(Br)ccc1NC(=O)CNC(=O)CN1CCCCCC1. The number of benzene rings is 1. The number of carbonyl (C=O) groups excluding carboxylic acids is 2. The molecule has 0 unspecified atom stereocenters. The average molecular weight is 382 g/mol. The normalized spacial score (nSPS) is 15.7. The highest BCUT2D eigenvalue weighted by Crippen LogP contribution is 2.19. The van der Waals surface area contributed by atoms with Crippen LogP contribution in [0.3, 0.4) is 0 Å². The van der Waals surface area contributed by atoms with Crippen molar-refractivity contribution in [1.29, 1.82) is 0 Å². The van der Waals surface area contributed by atoms with Crippen molar-refractivity contribution in [1.82, 2.24) is 10.2 Å². The van der Waals surface area contributed by atoms with Gasteiger partial charge < -0.3 is 10.6 Å². The maximum absolute atomic E-state index is 12.0. The molecular formula is C17H24BrN3O2. The van der Waals surface area contributed by atoms with Crippen LogP contribution < -0.4 is 10.6 Å². The Morgan fingerprint density at radius 2 is 1.83 bits per heavy atom. The molecule has 0 aromatic heterocycles. The predicted molar refractivity (Wildman–Crippen MR) is 95.4 cm³/mol. The van der Waals surface area contributed by atoms with Crippen LogP contribution in [0.4, 0.5) is 5.69 Å². The van der Waals surface area contributed by atoms with Gasteiger partial charge in [0.2, 0.25) is 11.8 Å². The number of rotatable bonds is 5. The zero-order chi connectivity index (χ0) is 16.7. The maximum atomic E-state index is 12.0. The van der Waals surface area contributed by atoms with Crippen LogP contribution in [-0.2, 0) is 9.59 Å². The zero-order valence-corrected chi connectivity index (χ0v) is 15.1. The first-order valence-corrected chi connectivity index (χ1v) is 8.89. The van der Waals surface area contributed by atoms with Crippen LogP contribution in [0.15, 0.2) is 22.7 Å². The fraction of sp³-hybridized carbons (Fsp3) is 0.529. The topological polar surface area (TPSA) is 61.4 Å². The average Bonchev–Trinajstić information content (AvgIpc) is 2.77. The molecule has 0 bridgehead atoms. The first-order chi connectivity index (χ1) is 11.0. The third-order valence-electron chi connectivity index (χ3n) is 3.97. The predicted octanol–water partition coefficient (Wildman–Crippen LogP) is 2.69. The van der Waals surface area contributed by atoms with Gasteiger partial charge in [-0.3, -0.25) is 14.5 Å². The fourth-order valence-corrected chi connectivity index (χ4v) is 3.17. The highest BCUT2D eigenvalue weighted by molar-refractivity contribution is 9.10. The summed E-state index contributed by atoms with van der Waals surface area (Å²) in [5, 5.41) is 5.52. The van der Waals surface area contributed by atoms with Gasteiger partial charge in [-0.15, -0.1) is 0 Å². The molecular weight excluding hydrogens is 358 g/mol. The van der Waals surface area contributed by atoms with Crippen LogP contribution >= 0.6 is 15.9 Å². The minimum absolute atomic E-state index is 0.00216. The molecule has 1 aliphatic heterocycles. The lowest BCUT2D eigenvalue weighted by atomic mass is 10.2. The molecule has 6 heteroatoms. The van der Waals surface area contributed by atoms with E-state index in [-0.39, 0.29) is 18.4 Å². The van der Waals surface area contributed by atoms with Gasteiger partial charge in [-0.2, -0.15) is 0 Å². The standard InChI is InChI=1S/C17H24BrN3O2/c1-13-10-14(18)6-7-15(13)20-16(22)11-19-17(23)12-21-8-4-2-3-5-9-21/h6-7,10H,2-5,8-9,11-12H2,1H3,(H,19,23)(H,20,22). The Morgan fingerprint density at radius 3 is 2.48 bits per heavy atom. The summed E-state index contributed by atoms with van der Waals surface area (Å²) in [6, 6.07) is 5.66. The first-order valence-electron chi connectivity index (χ1n) is 8.09. The van der Waals surface area contributed by atoms with Gasteiger partial charge in [0.25, 0.3) is 0 Å². The molecule has 0 saturated carbocycles. The largest absolute Gasteiger partial charge is 0.346 e. The second-order valence-corrected chi connectivity index (χ2v) is 6.89. The smallest absolute Gasteiger partial charge is 0.243 e. The Kier molecular flexibility index (Phi) is 7.05. The lowest BCUT2D eigenvalue weighted by molar-refractivity contribution is -0.125. The van der Waals surface area contributed by atoms with Crippen molar-refractivity contribution in [2.75, 3.05) is 31.5 Å². The molecule has 0 radical (unpaired) electrons. The van der Waals surface area contributed by atoms with Gasteiger partial charge in [-0.05, 0) is 56.6 Å². The van der Waals surface area contributed by atoms with Crippen LogP contribution in [0.5, 0.6) is 0 Å². The highest BCUT2D eigenvalue weighted by Gasteiger charge is 2.13. The number of hydrogen-bond acceptors (Lipinski definition) is 3. The van der Waals surface area contributed by atoms with E-state index in [1.165, 1.54) is 12.8 Å². The van der Waals surface area contributed by atoms with Crippen molar-refractivity contribution >= 4 is 33.4 Å². The van der Waals surface area contributed by atoms with E-state index in [1.54, 1.807) is 0 Å². The van der Waals surface area contributed by atoms with Crippen LogP contribution in [0.1, 0.15) is 31.2 Å². The summed E-state index contributed by atoms with van der Waals surface area (Å²) >= 11 is 3.39. The van der Waals surface area contributed by atoms with E-state index in [0.717, 1.165) is 41.7 Å². The Morgan fingerprint density at radius 1 is 1.13 bits per heavy atom. The van der Waals surface area contributed by atoms with Crippen LogP contribution in [0.2, 0.25) is 0 Å². The number of nitrogens with zero attached hydrogens (tertiary/aromatic N) is 1. The summed E-state index contributed by atoms with van der Waals surface area (Å²) in [7, 11) is 0. The van der Waals surface area contributed by atoms with Crippen LogP contribution in [-0.4, -0.2) is 42.9 Å². The molecule has 0 atom stereocenters. The van der Waals surface area contributed by atoms with Gasteiger partial charge in [0.05, 0.1) is 13.1 Å². The Hall–Kier alpha value is -1.40. The van der Waals surface area contributed by atoms with Crippen molar-refractivity contribution in [2.45, 2.75) is 32.6 Å². The number of carbonyl (C=O) groups is 2. The van der Waals surface area contributed by atoms with Gasteiger partial charge in [0.1, 0.15) is 0 Å². The molecule has 1 aromatic carbocycles. The molecule has 2 amide bonds. The molecule has 1 fully saturated rings. The van der Waals surface area contributed by atoms with Gasteiger partial charge in [0, 0.05) is 10.2 Å². The Labute approximate surface area is 145 Å². The van der Waals surface area contributed by atoms with Gasteiger partial charge in [0.15, 0.2) is 0 Å². The van der Waals surface area contributed by atoms with Crippen molar-refractivity contribution < 1.29 is 9.59 Å². The summed E-state index contributed by atoms with van der Waals surface area (Å²) in [6.07, 6.45) is 4.79. The molecule has 5 nitrogen and oxygen atoms in total. The second-order valence-electron chi connectivity index (χ2n) is 5.97. The summed E-state index contributed by atoms with van der Waals surface area (Å²) in [6.45, 7) is 4.25. The molecule has 1 aromatic rings. The highest BCUT2D eigenvalue weighted by atomic mass is 79.9.